The molecule has 0 N–H and O–H groups in total. The molecule has 1 atom stereocenters. The van der Waals surface area contributed by atoms with Crippen LogP contribution in [0, 0.1) is 6.92 Å². The van der Waals surface area contributed by atoms with Gasteiger partial charge in [-0.2, -0.15) is 4.98 Å². The van der Waals surface area contributed by atoms with Crippen LogP contribution < -0.4 is 14.2 Å². The van der Waals surface area contributed by atoms with Gasteiger partial charge in [-0.1, -0.05) is 0 Å². The van der Waals surface area contributed by atoms with Gasteiger partial charge in [0.1, 0.15) is 18.5 Å². The Morgan fingerprint density at radius 1 is 1.28 bits per heavy atom. The highest BCUT2D eigenvalue weighted by Crippen LogP contribution is 2.19. The minimum Gasteiger partial charge on any atom is -0.489 e. The van der Waals surface area contributed by atoms with E-state index in [9.17, 15) is 4.79 Å². The number of hydrogen-bond donors (Lipinski definition) is 0. The van der Waals surface area contributed by atoms with Crippen LogP contribution in [0.3, 0.4) is 0 Å². The fraction of sp³-hybridized carbons (Fsp3) is 0.400. The number of pyridine rings is 1. The normalized spacial score (nSPS) is 16.7. The van der Waals surface area contributed by atoms with Gasteiger partial charge in [0.05, 0.1) is 39.1 Å². The Balaban J connectivity index is 1.56. The van der Waals surface area contributed by atoms with Crippen LogP contribution in [-0.2, 0) is 9.53 Å². The molecule has 0 aliphatic carbocycles. The lowest BCUT2D eigenvalue weighted by Crippen LogP contribution is -2.47. The van der Waals surface area contributed by atoms with Crippen molar-refractivity contribution in [1.29, 1.82) is 0 Å². The van der Waals surface area contributed by atoms with E-state index in [1.165, 1.54) is 20.3 Å². The lowest BCUT2D eigenvalue weighted by atomic mass is 10.2. The van der Waals surface area contributed by atoms with Gasteiger partial charge >= 0.3 is 6.01 Å². The first-order valence-electron chi connectivity index (χ1n) is 9.18. The van der Waals surface area contributed by atoms with Crippen LogP contribution in [0.5, 0.6) is 17.6 Å². The smallest absolute Gasteiger partial charge is 0.319 e. The number of aryl methyl sites for hydroxylation is 1. The number of carbonyl (C=O) groups excluding carboxylic acids is 1. The molecule has 154 valence electrons. The molecular formula is C20H24N4O5. The molecule has 1 aliphatic heterocycles. The fourth-order valence-corrected chi connectivity index (χ4v) is 2.75. The van der Waals surface area contributed by atoms with E-state index in [0.717, 1.165) is 5.69 Å². The first kappa shape index (κ1) is 20.5. The van der Waals surface area contributed by atoms with E-state index in [0.29, 0.717) is 43.5 Å². The molecule has 2 aromatic rings. The maximum Gasteiger partial charge on any atom is 0.319 e. The molecule has 3 rings (SSSR count). The third-order valence-corrected chi connectivity index (χ3v) is 4.31. The molecule has 1 aliphatic rings. The summed E-state index contributed by atoms with van der Waals surface area (Å²) in [5.74, 6) is 0.878. The zero-order chi connectivity index (χ0) is 20.6. The van der Waals surface area contributed by atoms with E-state index in [2.05, 4.69) is 15.0 Å². The van der Waals surface area contributed by atoms with E-state index in [4.69, 9.17) is 18.9 Å². The molecule has 2 aromatic heterocycles. The third kappa shape index (κ3) is 5.64. The van der Waals surface area contributed by atoms with Crippen LogP contribution in [0.2, 0.25) is 0 Å². The Kier molecular flexibility index (Phi) is 6.96. The number of carbonyl (C=O) groups is 1. The average Bonchev–Trinajstić information content (AvgIpc) is 2.77. The highest BCUT2D eigenvalue weighted by Gasteiger charge is 2.23. The van der Waals surface area contributed by atoms with Gasteiger partial charge in [-0.15, -0.1) is 0 Å². The lowest BCUT2D eigenvalue weighted by molar-refractivity contribution is -0.134. The molecule has 3 heterocycles. The van der Waals surface area contributed by atoms with Crippen LogP contribution in [0.1, 0.15) is 11.3 Å². The monoisotopic (exact) mass is 400 g/mol. The Hall–Kier alpha value is -3.20. The van der Waals surface area contributed by atoms with Gasteiger partial charge in [0.15, 0.2) is 0 Å². The van der Waals surface area contributed by atoms with E-state index in [1.807, 2.05) is 19.1 Å². The summed E-state index contributed by atoms with van der Waals surface area (Å²) in [6.45, 7) is 3.67. The number of morpholine rings is 1. The fourth-order valence-electron chi connectivity index (χ4n) is 2.75. The number of ether oxygens (including phenoxy) is 4. The van der Waals surface area contributed by atoms with Gasteiger partial charge in [0.2, 0.25) is 11.8 Å². The Labute approximate surface area is 169 Å². The van der Waals surface area contributed by atoms with E-state index in [-0.39, 0.29) is 18.0 Å². The molecule has 0 radical (unpaired) electrons. The summed E-state index contributed by atoms with van der Waals surface area (Å²) in [7, 11) is 2.97. The molecular weight excluding hydrogens is 376 g/mol. The standard InChI is InChI=1S/C20H24N4O5/c1-14-4-6-16(11-21-14)29-13-17-12-24(8-9-28-17)18(25)7-5-15-10-22-20(27-3)23-19(15)26-2/h4-7,10-11,17H,8-9,12-13H2,1-3H3. The van der Waals surface area contributed by atoms with Crippen LogP contribution in [-0.4, -0.2) is 72.4 Å². The van der Waals surface area contributed by atoms with E-state index >= 15 is 0 Å². The molecule has 0 aromatic carbocycles. The van der Waals surface area contributed by atoms with E-state index in [1.54, 1.807) is 23.4 Å². The second-order valence-corrected chi connectivity index (χ2v) is 6.38. The topological polar surface area (TPSA) is 95.9 Å². The molecule has 0 saturated carbocycles. The summed E-state index contributed by atoms with van der Waals surface area (Å²) >= 11 is 0. The minimum atomic E-state index is -0.207. The van der Waals surface area contributed by atoms with Gasteiger partial charge in [-0.3, -0.25) is 9.78 Å². The number of methoxy groups -OCH3 is 2. The number of amides is 1. The number of rotatable bonds is 7. The molecule has 1 amide bonds. The Morgan fingerprint density at radius 2 is 2.14 bits per heavy atom. The maximum absolute atomic E-state index is 12.6. The van der Waals surface area contributed by atoms with Gasteiger partial charge in [-0.25, -0.2) is 4.98 Å². The van der Waals surface area contributed by atoms with Crippen molar-refractivity contribution < 1.29 is 23.7 Å². The van der Waals surface area contributed by atoms with Crippen molar-refractivity contribution in [1.82, 2.24) is 19.9 Å². The van der Waals surface area contributed by atoms with Crippen molar-refractivity contribution in [2.24, 2.45) is 0 Å². The molecule has 9 heteroatoms. The second-order valence-electron chi connectivity index (χ2n) is 6.38. The quantitative estimate of drug-likeness (QED) is 0.646. The first-order valence-corrected chi connectivity index (χ1v) is 9.18. The SMILES string of the molecule is COc1ncc(C=CC(=O)N2CCOC(COc3ccc(C)nc3)C2)c(OC)n1. The van der Waals surface area contributed by atoms with Crippen LogP contribution in [0.25, 0.3) is 6.08 Å². The van der Waals surface area contributed by atoms with Gasteiger partial charge in [-0.05, 0) is 25.1 Å². The summed E-state index contributed by atoms with van der Waals surface area (Å²) < 4.78 is 21.6. The van der Waals surface area contributed by atoms with Gasteiger partial charge in [0.25, 0.3) is 0 Å². The Morgan fingerprint density at radius 3 is 2.86 bits per heavy atom. The highest BCUT2D eigenvalue weighted by atomic mass is 16.5. The van der Waals surface area contributed by atoms with Crippen LogP contribution in [0.15, 0.2) is 30.6 Å². The minimum absolute atomic E-state index is 0.131. The van der Waals surface area contributed by atoms with Crippen LogP contribution >= 0.6 is 0 Å². The molecule has 9 nitrogen and oxygen atoms in total. The van der Waals surface area contributed by atoms with Crippen molar-refractivity contribution in [2.45, 2.75) is 13.0 Å². The average molecular weight is 400 g/mol. The summed E-state index contributed by atoms with van der Waals surface area (Å²) in [5, 5.41) is 0. The van der Waals surface area contributed by atoms with Crippen molar-refractivity contribution >= 4 is 12.0 Å². The summed E-state index contributed by atoms with van der Waals surface area (Å²) in [6.07, 6.45) is 6.11. The predicted octanol–water partition coefficient (Wildman–Crippen LogP) is 1.52. The Bertz CT molecular complexity index is 856. The lowest BCUT2D eigenvalue weighted by Gasteiger charge is -2.32. The molecule has 29 heavy (non-hydrogen) atoms. The van der Waals surface area contributed by atoms with Crippen molar-refractivity contribution in [3.63, 3.8) is 0 Å². The number of nitrogens with zero attached hydrogens (tertiary/aromatic N) is 4. The summed E-state index contributed by atoms with van der Waals surface area (Å²) in [6, 6.07) is 3.95. The van der Waals surface area contributed by atoms with E-state index < -0.39 is 0 Å². The maximum atomic E-state index is 12.6. The number of hydrogen-bond acceptors (Lipinski definition) is 8. The summed E-state index contributed by atoms with van der Waals surface area (Å²) in [4.78, 5) is 26.6. The van der Waals surface area contributed by atoms with Crippen molar-refractivity contribution in [3.05, 3.63) is 41.9 Å². The number of aromatic nitrogens is 3. The summed E-state index contributed by atoms with van der Waals surface area (Å²) in [5.41, 5.74) is 1.51. The highest BCUT2D eigenvalue weighted by molar-refractivity contribution is 5.92. The van der Waals surface area contributed by atoms with Gasteiger partial charge in [0, 0.05) is 24.5 Å². The van der Waals surface area contributed by atoms with Crippen molar-refractivity contribution in [3.8, 4) is 17.6 Å². The van der Waals surface area contributed by atoms with Crippen molar-refractivity contribution in [2.75, 3.05) is 40.5 Å². The van der Waals surface area contributed by atoms with Crippen LogP contribution in [0.4, 0.5) is 0 Å². The predicted molar refractivity (Wildman–Crippen MR) is 105 cm³/mol. The molecule has 1 unspecified atom stereocenters. The largest absolute Gasteiger partial charge is 0.489 e. The first-order chi connectivity index (χ1) is 14.1. The molecule has 1 saturated heterocycles. The zero-order valence-corrected chi connectivity index (χ0v) is 16.7. The van der Waals surface area contributed by atoms with Gasteiger partial charge < -0.3 is 23.8 Å². The zero-order valence-electron chi connectivity index (χ0n) is 16.7. The third-order valence-electron chi connectivity index (χ3n) is 4.31. The molecule has 0 bridgehead atoms. The molecule has 0 spiro atoms. The molecule has 1 fully saturated rings. The second kappa shape index (κ2) is 9.83.